The van der Waals surface area contributed by atoms with Crippen molar-refractivity contribution in [3.63, 3.8) is 0 Å². The molecular formula is C14H15NO2. The molecule has 0 unspecified atom stereocenters. The van der Waals surface area contributed by atoms with Gasteiger partial charge in [-0.05, 0) is 18.6 Å². The van der Waals surface area contributed by atoms with Crippen LogP contribution in [0.4, 0.5) is 0 Å². The van der Waals surface area contributed by atoms with Gasteiger partial charge in [-0.15, -0.1) is 6.42 Å². The molecule has 0 aromatic carbocycles. The van der Waals surface area contributed by atoms with Gasteiger partial charge in [0.05, 0.1) is 23.9 Å². The topological polar surface area (TPSA) is 39.2 Å². The summed E-state index contributed by atoms with van der Waals surface area (Å²) in [7, 11) is 1.35. The van der Waals surface area contributed by atoms with Crippen molar-refractivity contribution in [3.8, 4) is 12.3 Å². The summed E-state index contributed by atoms with van der Waals surface area (Å²) in [5, 5.41) is 0. The third-order valence-corrected chi connectivity index (χ3v) is 2.30. The van der Waals surface area contributed by atoms with Crippen molar-refractivity contribution in [1.82, 2.24) is 4.98 Å². The number of rotatable bonds is 4. The zero-order valence-corrected chi connectivity index (χ0v) is 10.1. The zero-order valence-electron chi connectivity index (χ0n) is 10.1. The fourth-order valence-electron chi connectivity index (χ4n) is 1.53. The molecule has 0 aliphatic carbocycles. The van der Waals surface area contributed by atoms with Crippen LogP contribution in [0.1, 0.15) is 25.5 Å². The molecule has 0 aliphatic rings. The molecule has 1 rings (SSSR count). The first-order valence-electron chi connectivity index (χ1n) is 5.44. The van der Waals surface area contributed by atoms with Crippen molar-refractivity contribution in [2.24, 2.45) is 0 Å². The van der Waals surface area contributed by atoms with E-state index in [1.807, 2.05) is 13.0 Å². The van der Waals surface area contributed by atoms with E-state index in [1.54, 1.807) is 18.3 Å². The molecule has 0 fully saturated rings. The Morgan fingerprint density at radius 2 is 2.29 bits per heavy atom. The van der Waals surface area contributed by atoms with Gasteiger partial charge in [-0.25, -0.2) is 4.79 Å². The molecule has 0 aliphatic heterocycles. The van der Waals surface area contributed by atoms with Gasteiger partial charge >= 0.3 is 5.97 Å². The molecule has 0 radical (unpaired) electrons. The van der Waals surface area contributed by atoms with Crippen molar-refractivity contribution in [3.05, 3.63) is 35.7 Å². The first kappa shape index (κ1) is 13.0. The molecule has 3 heteroatoms. The van der Waals surface area contributed by atoms with Crippen LogP contribution in [0.15, 0.2) is 30.0 Å². The normalized spacial score (nSPS) is 11.4. The number of ether oxygens (including phenoxy) is 1. The SMILES string of the molecule is C#CC(=C(CCC)C(=O)OC)c1ccccn1. The average molecular weight is 229 g/mol. The maximum absolute atomic E-state index is 11.7. The van der Waals surface area contributed by atoms with Crippen molar-refractivity contribution in [2.45, 2.75) is 19.8 Å². The van der Waals surface area contributed by atoms with Crippen molar-refractivity contribution in [1.29, 1.82) is 0 Å². The van der Waals surface area contributed by atoms with Gasteiger partial charge < -0.3 is 4.74 Å². The van der Waals surface area contributed by atoms with E-state index in [0.717, 1.165) is 6.42 Å². The second-order valence-electron chi connectivity index (χ2n) is 3.45. The van der Waals surface area contributed by atoms with E-state index in [1.165, 1.54) is 7.11 Å². The smallest absolute Gasteiger partial charge is 0.335 e. The number of carbonyl (C=O) groups excluding carboxylic acids is 1. The lowest BCUT2D eigenvalue weighted by molar-refractivity contribution is -0.136. The average Bonchev–Trinajstić information content (AvgIpc) is 2.39. The maximum atomic E-state index is 11.7. The first-order valence-corrected chi connectivity index (χ1v) is 5.44. The number of methoxy groups -OCH3 is 1. The van der Waals surface area contributed by atoms with E-state index in [4.69, 9.17) is 11.2 Å². The molecule has 3 nitrogen and oxygen atoms in total. The van der Waals surface area contributed by atoms with Crippen LogP contribution < -0.4 is 0 Å². The molecule has 1 aromatic rings. The highest BCUT2D eigenvalue weighted by molar-refractivity contribution is 6.00. The predicted octanol–water partition coefficient (Wildman–Crippen LogP) is 2.44. The number of nitrogens with zero attached hydrogens (tertiary/aromatic N) is 1. The van der Waals surface area contributed by atoms with E-state index in [9.17, 15) is 4.79 Å². The summed E-state index contributed by atoms with van der Waals surface area (Å²) in [4.78, 5) is 15.8. The number of hydrogen-bond acceptors (Lipinski definition) is 3. The first-order chi connectivity index (χ1) is 8.24. The largest absolute Gasteiger partial charge is 0.466 e. The fourth-order valence-corrected chi connectivity index (χ4v) is 1.53. The number of carbonyl (C=O) groups is 1. The third-order valence-electron chi connectivity index (χ3n) is 2.30. The molecule has 1 aromatic heterocycles. The standard InChI is InChI=1S/C14H15NO2/c1-4-8-12(14(16)17-3)11(5-2)13-9-6-7-10-15-13/h2,6-7,9-10H,4,8H2,1,3H3. The van der Waals surface area contributed by atoms with Gasteiger partial charge in [0.1, 0.15) is 0 Å². The van der Waals surface area contributed by atoms with Gasteiger partial charge in [-0.2, -0.15) is 0 Å². The number of hydrogen-bond donors (Lipinski definition) is 0. The Bertz CT molecular complexity index is 455. The lowest BCUT2D eigenvalue weighted by Gasteiger charge is -2.08. The Morgan fingerprint density at radius 1 is 1.53 bits per heavy atom. The highest BCUT2D eigenvalue weighted by Crippen LogP contribution is 2.20. The third kappa shape index (κ3) is 3.18. The number of aromatic nitrogens is 1. The Balaban J connectivity index is 3.28. The summed E-state index contributed by atoms with van der Waals surface area (Å²) < 4.78 is 4.75. The minimum Gasteiger partial charge on any atom is -0.466 e. The Labute approximate surface area is 102 Å². The van der Waals surface area contributed by atoms with Gasteiger partial charge in [0.25, 0.3) is 0 Å². The van der Waals surface area contributed by atoms with Crippen LogP contribution in [-0.2, 0) is 9.53 Å². The summed E-state index contributed by atoms with van der Waals surface area (Å²) in [5.74, 6) is 2.15. The van der Waals surface area contributed by atoms with Crippen LogP contribution >= 0.6 is 0 Å². The van der Waals surface area contributed by atoms with Gasteiger partial charge in [0.15, 0.2) is 0 Å². The highest BCUT2D eigenvalue weighted by Gasteiger charge is 2.15. The Morgan fingerprint density at radius 3 is 2.76 bits per heavy atom. The van der Waals surface area contributed by atoms with Crippen LogP contribution in [0.25, 0.3) is 5.57 Å². The molecule has 0 bridgehead atoms. The second kappa shape index (κ2) is 6.49. The molecule has 1 heterocycles. The molecule has 0 saturated carbocycles. The zero-order chi connectivity index (χ0) is 12.7. The summed E-state index contributed by atoms with van der Waals surface area (Å²) in [6, 6.07) is 5.42. The molecule has 0 atom stereocenters. The molecular weight excluding hydrogens is 214 g/mol. The molecule has 0 saturated heterocycles. The minimum atomic E-state index is -0.384. The lowest BCUT2D eigenvalue weighted by atomic mass is 10.0. The van der Waals surface area contributed by atoms with Crippen LogP contribution in [0.3, 0.4) is 0 Å². The second-order valence-corrected chi connectivity index (χ2v) is 3.45. The van der Waals surface area contributed by atoms with Crippen molar-refractivity contribution < 1.29 is 9.53 Å². The fraction of sp³-hybridized carbons (Fsp3) is 0.286. The maximum Gasteiger partial charge on any atom is 0.335 e. The van der Waals surface area contributed by atoms with E-state index < -0.39 is 0 Å². The Kier molecular flexibility index (Phi) is 4.96. The summed E-state index contributed by atoms with van der Waals surface area (Å²) in [5.41, 5.74) is 1.65. The van der Waals surface area contributed by atoms with Crippen LogP contribution in [0.2, 0.25) is 0 Å². The van der Waals surface area contributed by atoms with E-state index in [2.05, 4.69) is 10.9 Å². The minimum absolute atomic E-state index is 0.384. The number of terminal acetylenes is 1. The van der Waals surface area contributed by atoms with E-state index in [-0.39, 0.29) is 5.97 Å². The number of pyridine rings is 1. The van der Waals surface area contributed by atoms with E-state index in [0.29, 0.717) is 23.3 Å². The van der Waals surface area contributed by atoms with Crippen LogP contribution in [0.5, 0.6) is 0 Å². The highest BCUT2D eigenvalue weighted by atomic mass is 16.5. The van der Waals surface area contributed by atoms with Crippen LogP contribution in [-0.4, -0.2) is 18.1 Å². The van der Waals surface area contributed by atoms with E-state index >= 15 is 0 Å². The van der Waals surface area contributed by atoms with Crippen molar-refractivity contribution >= 4 is 11.5 Å². The van der Waals surface area contributed by atoms with Gasteiger partial charge in [-0.3, -0.25) is 4.98 Å². The lowest BCUT2D eigenvalue weighted by Crippen LogP contribution is -2.07. The number of esters is 1. The van der Waals surface area contributed by atoms with Crippen molar-refractivity contribution in [2.75, 3.05) is 7.11 Å². The molecule has 88 valence electrons. The molecule has 17 heavy (non-hydrogen) atoms. The number of allylic oxidation sites excluding steroid dienone is 1. The van der Waals surface area contributed by atoms with Gasteiger partial charge in [0.2, 0.25) is 0 Å². The molecule has 0 spiro atoms. The molecule has 0 amide bonds. The predicted molar refractivity (Wildman–Crippen MR) is 66.9 cm³/mol. The molecule has 0 N–H and O–H groups in total. The van der Waals surface area contributed by atoms with Gasteiger partial charge in [-0.1, -0.05) is 25.3 Å². The van der Waals surface area contributed by atoms with Gasteiger partial charge in [0, 0.05) is 6.20 Å². The monoisotopic (exact) mass is 229 g/mol. The summed E-state index contributed by atoms with van der Waals surface area (Å²) >= 11 is 0. The quantitative estimate of drug-likeness (QED) is 0.452. The Hall–Kier alpha value is -2.08. The van der Waals surface area contributed by atoms with Crippen LogP contribution in [0, 0.1) is 12.3 Å². The summed E-state index contributed by atoms with van der Waals surface area (Å²) in [6.45, 7) is 1.98. The summed E-state index contributed by atoms with van der Waals surface area (Å²) in [6.07, 6.45) is 8.53.